The SMILES string of the molecule is CC(=O)c1cccc(NC(=O)C(C)n2cnc3sc(C(=O)OCC(C)C)c(C)c3c2=O)c1. The molecule has 1 aromatic carbocycles. The average Bonchev–Trinajstić information content (AvgIpc) is 3.09. The van der Waals surface area contributed by atoms with Gasteiger partial charge in [-0.2, -0.15) is 0 Å². The van der Waals surface area contributed by atoms with Gasteiger partial charge in [0, 0.05) is 11.3 Å². The first kappa shape index (κ1) is 23.3. The standard InChI is InChI=1S/C23H25N3O5S/c1-12(2)10-31-23(30)19-13(3)18-21(32-19)24-11-26(22(18)29)14(4)20(28)25-17-8-6-7-16(9-17)15(5)27/h6-9,11-12,14H,10H2,1-5H3,(H,25,28). The first-order chi connectivity index (χ1) is 15.1. The van der Waals surface area contributed by atoms with Gasteiger partial charge in [0.15, 0.2) is 5.78 Å². The Morgan fingerprint density at radius 1 is 1.22 bits per heavy atom. The highest BCUT2D eigenvalue weighted by molar-refractivity contribution is 7.20. The molecule has 2 heterocycles. The van der Waals surface area contributed by atoms with E-state index in [0.29, 0.717) is 31.9 Å². The highest BCUT2D eigenvalue weighted by Gasteiger charge is 2.24. The van der Waals surface area contributed by atoms with Gasteiger partial charge in [-0.1, -0.05) is 26.0 Å². The number of aromatic nitrogens is 2. The fourth-order valence-electron chi connectivity index (χ4n) is 3.10. The van der Waals surface area contributed by atoms with Crippen molar-refractivity contribution in [2.24, 2.45) is 5.92 Å². The maximum absolute atomic E-state index is 13.1. The zero-order valence-electron chi connectivity index (χ0n) is 18.6. The number of aryl methyl sites for hydroxylation is 1. The number of hydrogen-bond acceptors (Lipinski definition) is 7. The molecule has 1 N–H and O–H groups in total. The van der Waals surface area contributed by atoms with E-state index in [-0.39, 0.29) is 18.3 Å². The summed E-state index contributed by atoms with van der Waals surface area (Å²) in [5.74, 6) is -0.838. The number of fused-ring (bicyclic) bond motifs is 1. The van der Waals surface area contributed by atoms with Gasteiger partial charge in [-0.3, -0.25) is 19.0 Å². The van der Waals surface area contributed by atoms with Crippen LogP contribution in [0.4, 0.5) is 5.69 Å². The average molecular weight is 456 g/mol. The van der Waals surface area contributed by atoms with Gasteiger partial charge in [0.05, 0.1) is 18.3 Å². The van der Waals surface area contributed by atoms with Gasteiger partial charge in [0.2, 0.25) is 5.91 Å². The lowest BCUT2D eigenvalue weighted by molar-refractivity contribution is -0.118. The molecule has 0 aliphatic rings. The normalized spacial score (nSPS) is 12.1. The minimum absolute atomic E-state index is 0.115. The lowest BCUT2D eigenvalue weighted by atomic mass is 10.1. The zero-order chi connectivity index (χ0) is 23.6. The van der Waals surface area contributed by atoms with Crippen molar-refractivity contribution in [1.82, 2.24) is 9.55 Å². The number of esters is 1. The van der Waals surface area contributed by atoms with E-state index in [2.05, 4.69) is 10.3 Å². The third-order valence-electron chi connectivity index (χ3n) is 4.94. The highest BCUT2D eigenvalue weighted by Crippen LogP contribution is 2.28. The predicted octanol–water partition coefficient (Wildman–Crippen LogP) is 3.98. The molecule has 0 spiro atoms. The van der Waals surface area contributed by atoms with E-state index in [1.165, 1.54) is 17.8 Å². The largest absolute Gasteiger partial charge is 0.461 e. The van der Waals surface area contributed by atoms with Crippen molar-refractivity contribution in [3.63, 3.8) is 0 Å². The smallest absolute Gasteiger partial charge is 0.348 e. The van der Waals surface area contributed by atoms with E-state index < -0.39 is 23.5 Å². The van der Waals surface area contributed by atoms with Gasteiger partial charge >= 0.3 is 5.97 Å². The molecule has 3 aromatic rings. The fraction of sp³-hybridized carbons (Fsp3) is 0.348. The monoisotopic (exact) mass is 455 g/mol. The van der Waals surface area contributed by atoms with Crippen LogP contribution in [0.25, 0.3) is 10.2 Å². The Morgan fingerprint density at radius 3 is 2.59 bits per heavy atom. The number of anilines is 1. The van der Waals surface area contributed by atoms with E-state index in [0.717, 1.165) is 11.3 Å². The van der Waals surface area contributed by atoms with Crippen LogP contribution in [0.2, 0.25) is 0 Å². The second-order valence-electron chi connectivity index (χ2n) is 7.99. The first-order valence-corrected chi connectivity index (χ1v) is 11.0. The second-order valence-corrected chi connectivity index (χ2v) is 8.99. The van der Waals surface area contributed by atoms with Gasteiger partial charge in [0.25, 0.3) is 5.56 Å². The summed E-state index contributed by atoms with van der Waals surface area (Å²) in [6.07, 6.45) is 1.31. The Bertz CT molecular complexity index is 1260. The summed E-state index contributed by atoms with van der Waals surface area (Å²) in [5, 5.41) is 3.02. The Balaban J connectivity index is 1.89. The lowest BCUT2D eigenvalue weighted by Crippen LogP contribution is -2.31. The number of rotatable bonds is 7. The van der Waals surface area contributed by atoms with Gasteiger partial charge in [-0.05, 0) is 44.4 Å². The number of thiophene rings is 1. The molecular formula is C23H25N3O5S. The zero-order valence-corrected chi connectivity index (χ0v) is 19.4. The molecule has 0 radical (unpaired) electrons. The van der Waals surface area contributed by atoms with E-state index in [1.54, 1.807) is 38.1 Å². The number of nitrogens with zero attached hydrogens (tertiary/aromatic N) is 2. The molecule has 0 saturated carbocycles. The maximum atomic E-state index is 13.1. The molecule has 9 heteroatoms. The lowest BCUT2D eigenvalue weighted by Gasteiger charge is -2.15. The van der Waals surface area contributed by atoms with E-state index in [9.17, 15) is 19.2 Å². The Kier molecular flexibility index (Phi) is 6.88. The van der Waals surface area contributed by atoms with E-state index in [4.69, 9.17) is 4.74 Å². The van der Waals surface area contributed by atoms with Crippen molar-refractivity contribution in [3.8, 4) is 0 Å². The van der Waals surface area contributed by atoms with Crippen LogP contribution in [-0.4, -0.2) is 33.8 Å². The summed E-state index contributed by atoms with van der Waals surface area (Å²) < 4.78 is 6.53. The molecule has 0 fully saturated rings. The van der Waals surface area contributed by atoms with Crippen molar-refractivity contribution >= 4 is 44.9 Å². The van der Waals surface area contributed by atoms with E-state index in [1.807, 2.05) is 13.8 Å². The van der Waals surface area contributed by atoms with Crippen LogP contribution in [0.15, 0.2) is 35.4 Å². The molecule has 1 amide bonds. The molecule has 2 aromatic heterocycles. The van der Waals surface area contributed by atoms with Crippen LogP contribution < -0.4 is 10.9 Å². The number of nitrogens with one attached hydrogen (secondary N) is 1. The molecular weight excluding hydrogens is 430 g/mol. The van der Waals surface area contributed by atoms with Crippen LogP contribution in [-0.2, 0) is 9.53 Å². The molecule has 0 aliphatic carbocycles. The summed E-state index contributed by atoms with van der Waals surface area (Å²) in [7, 11) is 0. The maximum Gasteiger partial charge on any atom is 0.348 e. The molecule has 0 bridgehead atoms. The quantitative estimate of drug-likeness (QED) is 0.426. The van der Waals surface area contributed by atoms with Crippen LogP contribution in [0.1, 0.15) is 59.3 Å². The minimum Gasteiger partial charge on any atom is -0.461 e. The van der Waals surface area contributed by atoms with Crippen LogP contribution in [0, 0.1) is 12.8 Å². The van der Waals surface area contributed by atoms with Gasteiger partial charge < -0.3 is 10.1 Å². The molecule has 1 atom stereocenters. The van der Waals surface area contributed by atoms with Crippen LogP contribution in [0.5, 0.6) is 0 Å². The number of benzene rings is 1. The van der Waals surface area contributed by atoms with Crippen LogP contribution in [0.3, 0.4) is 0 Å². The van der Waals surface area contributed by atoms with Crippen molar-refractivity contribution < 1.29 is 19.1 Å². The molecule has 168 valence electrons. The summed E-state index contributed by atoms with van der Waals surface area (Å²) >= 11 is 1.10. The number of ether oxygens (including phenoxy) is 1. The van der Waals surface area contributed by atoms with Crippen LogP contribution >= 0.6 is 11.3 Å². The first-order valence-electron chi connectivity index (χ1n) is 10.2. The number of hydrogen-bond donors (Lipinski definition) is 1. The Hall–Kier alpha value is -3.33. The Morgan fingerprint density at radius 2 is 1.94 bits per heavy atom. The summed E-state index contributed by atoms with van der Waals surface area (Å²) in [5.41, 5.74) is 1.01. The highest BCUT2D eigenvalue weighted by atomic mass is 32.1. The number of carbonyl (C=O) groups is 3. The number of carbonyl (C=O) groups excluding carboxylic acids is 3. The van der Waals surface area contributed by atoms with Gasteiger partial charge in [0.1, 0.15) is 15.7 Å². The molecule has 8 nitrogen and oxygen atoms in total. The van der Waals surface area contributed by atoms with Gasteiger partial charge in [-0.25, -0.2) is 9.78 Å². The second kappa shape index (κ2) is 9.44. The van der Waals surface area contributed by atoms with Crippen molar-refractivity contribution in [1.29, 1.82) is 0 Å². The third kappa shape index (κ3) is 4.77. The fourth-order valence-corrected chi connectivity index (χ4v) is 4.14. The molecule has 3 rings (SSSR count). The van der Waals surface area contributed by atoms with E-state index >= 15 is 0 Å². The Labute approximate surface area is 189 Å². The summed E-state index contributed by atoms with van der Waals surface area (Å²) in [6.45, 7) is 8.86. The molecule has 1 unspecified atom stereocenters. The number of Topliss-reactive ketones (excluding diaryl/α,β-unsaturated/α-hetero) is 1. The topological polar surface area (TPSA) is 107 Å². The third-order valence-corrected chi connectivity index (χ3v) is 6.12. The predicted molar refractivity (Wildman–Crippen MR) is 124 cm³/mol. The summed E-state index contributed by atoms with van der Waals surface area (Å²) in [4.78, 5) is 55.0. The molecule has 0 saturated heterocycles. The van der Waals surface area contributed by atoms with Gasteiger partial charge in [-0.15, -0.1) is 11.3 Å². The van der Waals surface area contributed by atoms with Crippen molar-refractivity contribution in [2.45, 2.75) is 40.7 Å². The number of amides is 1. The molecule has 32 heavy (non-hydrogen) atoms. The molecule has 0 aliphatic heterocycles. The number of ketones is 1. The minimum atomic E-state index is -0.865. The summed E-state index contributed by atoms with van der Waals surface area (Å²) in [6, 6.07) is 5.71. The van der Waals surface area contributed by atoms with Crippen molar-refractivity contribution in [3.05, 3.63) is 57.0 Å². The van der Waals surface area contributed by atoms with Crippen molar-refractivity contribution in [2.75, 3.05) is 11.9 Å².